The van der Waals surface area contributed by atoms with Crippen LogP contribution < -0.4 is 4.74 Å². The highest BCUT2D eigenvalue weighted by molar-refractivity contribution is 5.82. The smallest absolute Gasteiger partial charge is 0.387 e. The van der Waals surface area contributed by atoms with Crippen LogP contribution in [0.5, 0.6) is 5.75 Å². The first-order valence-corrected chi connectivity index (χ1v) is 7.07. The van der Waals surface area contributed by atoms with Crippen molar-refractivity contribution >= 4 is 17.2 Å². The Morgan fingerprint density at radius 3 is 2.57 bits per heavy atom. The summed E-state index contributed by atoms with van der Waals surface area (Å²) in [5.41, 5.74) is 3.84. The Morgan fingerprint density at radius 2 is 1.87 bits per heavy atom. The molecule has 118 valence electrons. The van der Waals surface area contributed by atoms with Gasteiger partial charge in [-0.2, -0.15) is 13.9 Å². The zero-order valence-electron chi connectivity index (χ0n) is 12.7. The first-order chi connectivity index (χ1) is 11.0. The zero-order valence-corrected chi connectivity index (χ0v) is 12.7. The molecule has 0 aliphatic carbocycles. The molecule has 1 aromatic heterocycles. The Kier molecular flexibility index (Phi) is 4.06. The van der Waals surface area contributed by atoms with E-state index >= 15 is 0 Å². The van der Waals surface area contributed by atoms with Crippen LogP contribution in [0.4, 0.5) is 8.78 Å². The van der Waals surface area contributed by atoms with Crippen LogP contribution in [0.3, 0.4) is 0 Å². The van der Waals surface area contributed by atoms with E-state index in [1.807, 2.05) is 24.3 Å². The standard InChI is InChI=1S/C17H15F2N3O/c1-11-7-13(8-12(2)16(11)23-17(18)19)9-21-22-10-20-14-5-3-4-6-15(14)22/h3-10,17H,1-2H3/b21-9-. The van der Waals surface area contributed by atoms with E-state index in [-0.39, 0.29) is 5.75 Å². The van der Waals surface area contributed by atoms with Gasteiger partial charge in [0.2, 0.25) is 0 Å². The van der Waals surface area contributed by atoms with Crippen molar-refractivity contribution in [2.75, 3.05) is 0 Å². The van der Waals surface area contributed by atoms with Crippen LogP contribution in [0.1, 0.15) is 16.7 Å². The van der Waals surface area contributed by atoms with E-state index in [1.165, 1.54) is 0 Å². The number of aryl methyl sites for hydroxylation is 2. The fourth-order valence-corrected chi connectivity index (χ4v) is 2.50. The maximum Gasteiger partial charge on any atom is 0.387 e. The van der Waals surface area contributed by atoms with Gasteiger partial charge in [0.25, 0.3) is 0 Å². The minimum atomic E-state index is -2.83. The predicted molar refractivity (Wildman–Crippen MR) is 85.3 cm³/mol. The Bertz CT molecular complexity index is 848. The monoisotopic (exact) mass is 315 g/mol. The normalized spacial score (nSPS) is 11.7. The molecule has 0 aliphatic heterocycles. The zero-order chi connectivity index (χ0) is 16.4. The van der Waals surface area contributed by atoms with Gasteiger partial charge in [-0.15, -0.1) is 0 Å². The van der Waals surface area contributed by atoms with Gasteiger partial charge in [-0.1, -0.05) is 12.1 Å². The highest BCUT2D eigenvalue weighted by Crippen LogP contribution is 2.26. The van der Waals surface area contributed by atoms with Crippen LogP contribution in [-0.2, 0) is 0 Å². The lowest BCUT2D eigenvalue weighted by Gasteiger charge is -2.11. The highest BCUT2D eigenvalue weighted by Gasteiger charge is 2.11. The fourth-order valence-electron chi connectivity index (χ4n) is 2.50. The van der Waals surface area contributed by atoms with E-state index < -0.39 is 6.61 Å². The summed E-state index contributed by atoms with van der Waals surface area (Å²) in [6, 6.07) is 11.2. The molecular formula is C17H15F2N3O. The second kappa shape index (κ2) is 6.16. The van der Waals surface area contributed by atoms with Gasteiger partial charge in [0.15, 0.2) is 0 Å². The number of nitrogens with zero attached hydrogens (tertiary/aromatic N) is 3. The van der Waals surface area contributed by atoms with Crippen LogP contribution >= 0.6 is 0 Å². The second-order valence-electron chi connectivity index (χ2n) is 5.18. The highest BCUT2D eigenvalue weighted by atomic mass is 19.3. The number of ether oxygens (including phenoxy) is 1. The molecule has 0 amide bonds. The molecule has 0 bridgehead atoms. The van der Waals surface area contributed by atoms with E-state index in [0.29, 0.717) is 11.1 Å². The number of hydrogen-bond acceptors (Lipinski definition) is 3. The first kappa shape index (κ1) is 15.1. The van der Waals surface area contributed by atoms with Crippen molar-refractivity contribution in [1.82, 2.24) is 9.66 Å². The third-order valence-corrected chi connectivity index (χ3v) is 3.46. The molecule has 0 spiro atoms. The Balaban J connectivity index is 1.91. The molecular weight excluding hydrogens is 300 g/mol. The summed E-state index contributed by atoms with van der Waals surface area (Å²) in [6.07, 6.45) is 3.30. The molecule has 0 saturated carbocycles. The molecule has 0 aliphatic rings. The summed E-state index contributed by atoms with van der Waals surface area (Å²) in [6.45, 7) is 0.632. The van der Waals surface area contributed by atoms with Crippen molar-refractivity contribution in [2.45, 2.75) is 20.5 Å². The summed E-state index contributed by atoms with van der Waals surface area (Å²) < 4.78 is 31.0. The van der Waals surface area contributed by atoms with Crippen LogP contribution in [0, 0.1) is 13.8 Å². The minimum Gasteiger partial charge on any atom is -0.434 e. The topological polar surface area (TPSA) is 39.4 Å². The molecule has 0 fully saturated rings. The lowest BCUT2D eigenvalue weighted by Crippen LogP contribution is -2.05. The molecule has 0 saturated heterocycles. The summed E-state index contributed by atoms with van der Waals surface area (Å²) in [5, 5.41) is 4.38. The quantitative estimate of drug-likeness (QED) is 0.679. The molecule has 0 unspecified atom stereocenters. The van der Waals surface area contributed by atoms with Gasteiger partial charge in [0, 0.05) is 0 Å². The van der Waals surface area contributed by atoms with Crippen molar-refractivity contribution in [3.05, 3.63) is 59.4 Å². The number of imidazole rings is 1. The lowest BCUT2D eigenvalue weighted by molar-refractivity contribution is -0.0507. The predicted octanol–water partition coefficient (Wildman–Crippen LogP) is 4.14. The van der Waals surface area contributed by atoms with Gasteiger partial charge in [0.1, 0.15) is 12.1 Å². The van der Waals surface area contributed by atoms with Crippen LogP contribution in [0.15, 0.2) is 47.8 Å². The average molecular weight is 315 g/mol. The Labute approximate surface area is 132 Å². The molecule has 1 heterocycles. The Hall–Kier alpha value is -2.76. The summed E-state index contributed by atoms with van der Waals surface area (Å²) in [7, 11) is 0. The van der Waals surface area contributed by atoms with E-state index in [4.69, 9.17) is 0 Å². The van der Waals surface area contributed by atoms with E-state index in [1.54, 1.807) is 43.2 Å². The maximum atomic E-state index is 12.4. The molecule has 6 heteroatoms. The molecule has 0 atom stereocenters. The van der Waals surface area contributed by atoms with Crippen molar-refractivity contribution in [2.24, 2.45) is 5.10 Å². The van der Waals surface area contributed by atoms with Gasteiger partial charge in [-0.25, -0.2) is 9.66 Å². The van der Waals surface area contributed by atoms with Crippen molar-refractivity contribution < 1.29 is 13.5 Å². The van der Waals surface area contributed by atoms with Crippen molar-refractivity contribution in [3.63, 3.8) is 0 Å². The largest absolute Gasteiger partial charge is 0.434 e. The molecule has 23 heavy (non-hydrogen) atoms. The summed E-state index contributed by atoms with van der Waals surface area (Å²) >= 11 is 0. The first-order valence-electron chi connectivity index (χ1n) is 7.07. The molecule has 4 nitrogen and oxygen atoms in total. The lowest BCUT2D eigenvalue weighted by atomic mass is 10.1. The van der Waals surface area contributed by atoms with E-state index in [0.717, 1.165) is 16.6 Å². The number of para-hydroxylation sites is 2. The van der Waals surface area contributed by atoms with Crippen LogP contribution in [0.25, 0.3) is 11.0 Å². The van der Waals surface area contributed by atoms with Crippen LogP contribution in [-0.4, -0.2) is 22.5 Å². The van der Waals surface area contributed by atoms with Gasteiger partial charge in [0.05, 0.1) is 17.2 Å². The molecule has 3 rings (SSSR count). The van der Waals surface area contributed by atoms with E-state index in [2.05, 4.69) is 14.8 Å². The average Bonchev–Trinajstić information content (AvgIpc) is 2.92. The molecule has 0 N–H and O–H groups in total. The number of aromatic nitrogens is 2. The number of fused-ring (bicyclic) bond motifs is 1. The summed E-state index contributed by atoms with van der Waals surface area (Å²) in [5.74, 6) is 0.213. The number of rotatable bonds is 4. The summed E-state index contributed by atoms with van der Waals surface area (Å²) in [4.78, 5) is 4.26. The van der Waals surface area contributed by atoms with Gasteiger partial charge < -0.3 is 4.74 Å². The maximum absolute atomic E-state index is 12.4. The fraction of sp³-hybridized carbons (Fsp3) is 0.176. The van der Waals surface area contributed by atoms with Gasteiger partial charge in [-0.3, -0.25) is 0 Å². The second-order valence-corrected chi connectivity index (χ2v) is 5.18. The van der Waals surface area contributed by atoms with Gasteiger partial charge >= 0.3 is 6.61 Å². The number of hydrogen-bond donors (Lipinski definition) is 0. The number of alkyl halides is 2. The number of benzene rings is 2. The van der Waals surface area contributed by atoms with Crippen molar-refractivity contribution in [3.8, 4) is 5.75 Å². The van der Waals surface area contributed by atoms with Gasteiger partial charge in [-0.05, 0) is 54.8 Å². The Morgan fingerprint density at radius 1 is 1.17 bits per heavy atom. The molecule has 3 aromatic rings. The third-order valence-electron chi connectivity index (χ3n) is 3.46. The van der Waals surface area contributed by atoms with Crippen LogP contribution in [0.2, 0.25) is 0 Å². The SMILES string of the molecule is Cc1cc(/C=N\n2cnc3ccccc32)cc(C)c1OC(F)F. The number of halogens is 2. The molecule has 0 radical (unpaired) electrons. The minimum absolute atomic E-state index is 0.213. The van der Waals surface area contributed by atoms with E-state index in [9.17, 15) is 8.78 Å². The third kappa shape index (κ3) is 3.21. The van der Waals surface area contributed by atoms with Crippen molar-refractivity contribution in [1.29, 1.82) is 0 Å². The molecule has 2 aromatic carbocycles.